The van der Waals surface area contributed by atoms with Crippen LogP contribution in [0.2, 0.25) is 0 Å². The van der Waals surface area contributed by atoms with Crippen LogP contribution in [0.4, 0.5) is 0 Å². The first-order chi connectivity index (χ1) is 14.7. The fraction of sp³-hybridized carbons (Fsp3) is 0.857. The Morgan fingerprint density at radius 2 is 1.84 bits per heavy atom. The average molecular weight is 427 g/mol. The maximum absolute atomic E-state index is 13.1. The van der Waals surface area contributed by atoms with Crippen LogP contribution in [0.15, 0.2) is 11.6 Å². The highest BCUT2D eigenvalue weighted by molar-refractivity contribution is 5.91. The van der Waals surface area contributed by atoms with Gasteiger partial charge in [-0.2, -0.15) is 0 Å². The minimum Gasteiger partial charge on any atom is -0.367 e. The number of fused-ring (bicyclic) bond motifs is 5. The number of rotatable bonds is 6. The number of hydrogen-bond donors (Lipinski definition) is 0. The summed E-state index contributed by atoms with van der Waals surface area (Å²) < 4.78 is 6.65. The molecule has 5 rings (SSSR count). The molecule has 31 heavy (non-hydrogen) atoms. The van der Waals surface area contributed by atoms with Gasteiger partial charge in [0, 0.05) is 18.4 Å². The van der Waals surface area contributed by atoms with Gasteiger partial charge in [-0.25, -0.2) is 0 Å². The normalized spacial score (nSPS) is 46.7. The van der Waals surface area contributed by atoms with E-state index in [0.717, 1.165) is 44.6 Å². The van der Waals surface area contributed by atoms with Gasteiger partial charge in [0.1, 0.15) is 5.60 Å². The first-order valence-corrected chi connectivity index (χ1v) is 13.1. The van der Waals surface area contributed by atoms with E-state index in [-0.39, 0.29) is 16.6 Å². The van der Waals surface area contributed by atoms with Gasteiger partial charge >= 0.3 is 0 Å². The Morgan fingerprint density at radius 3 is 2.55 bits per heavy atom. The van der Waals surface area contributed by atoms with E-state index in [1.54, 1.807) is 6.92 Å². The third kappa shape index (κ3) is 3.23. The van der Waals surface area contributed by atoms with Crippen molar-refractivity contribution in [2.24, 2.45) is 40.4 Å². The molecule has 3 nitrogen and oxygen atoms in total. The minimum absolute atomic E-state index is 0.0403. The maximum atomic E-state index is 13.1. The molecule has 0 saturated heterocycles. The van der Waals surface area contributed by atoms with Crippen molar-refractivity contribution in [2.45, 2.75) is 104 Å². The third-order valence-corrected chi connectivity index (χ3v) is 10.8. The highest BCUT2D eigenvalue weighted by atomic mass is 16.5. The Kier molecular flexibility index (Phi) is 5.32. The number of carbonyl (C=O) groups is 2. The molecule has 3 heteroatoms. The van der Waals surface area contributed by atoms with Gasteiger partial charge < -0.3 is 4.74 Å². The Labute approximate surface area is 188 Å². The van der Waals surface area contributed by atoms with E-state index >= 15 is 0 Å². The number of hydrogen-bond acceptors (Lipinski definition) is 3. The van der Waals surface area contributed by atoms with Crippen molar-refractivity contribution in [3.8, 4) is 0 Å². The predicted molar refractivity (Wildman–Crippen MR) is 123 cm³/mol. The van der Waals surface area contributed by atoms with Crippen molar-refractivity contribution in [1.29, 1.82) is 0 Å². The second-order valence-corrected chi connectivity index (χ2v) is 12.3. The first-order valence-electron chi connectivity index (χ1n) is 13.1. The van der Waals surface area contributed by atoms with Crippen molar-refractivity contribution < 1.29 is 14.3 Å². The standard InChI is InChI=1S/C28H42O3/c1-18-16-22-23(26(3)12-9-21(30)17-25(18)26)10-13-27(4)24(22)11-14-28(27,19(2)29)31-15-5-6-20-7-8-20/h17-18,20,22-24H,5-16H2,1-4H3/t18-,22+,23-,24-,26+,27-,28-/m0/s1. The molecule has 0 amide bonds. The summed E-state index contributed by atoms with van der Waals surface area (Å²) in [6.45, 7) is 9.72. The van der Waals surface area contributed by atoms with E-state index in [0.29, 0.717) is 35.9 Å². The lowest BCUT2D eigenvalue weighted by atomic mass is 9.44. The molecular weight excluding hydrogens is 384 g/mol. The van der Waals surface area contributed by atoms with Gasteiger partial charge in [0.15, 0.2) is 11.6 Å². The van der Waals surface area contributed by atoms with E-state index in [1.807, 2.05) is 6.08 Å². The molecule has 4 saturated carbocycles. The first kappa shape index (κ1) is 21.9. The minimum atomic E-state index is -0.574. The molecule has 0 heterocycles. The van der Waals surface area contributed by atoms with Crippen LogP contribution < -0.4 is 0 Å². The van der Waals surface area contributed by atoms with Gasteiger partial charge in [-0.15, -0.1) is 0 Å². The Bertz CT molecular complexity index is 794. The van der Waals surface area contributed by atoms with Gasteiger partial charge in [0.25, 0.3) is 0 Å². The van der Waals surface area contributed by atoms with E-state index in [9.17, 15) is 9.59 Å². The SMILES string of the molecule is CC(=O)[C@@]1(OCCCC2CC2)CC[C@H]2[C@@H]3C[C@H](C)C4=CC(=O)CC[C@]4(C)[C@H]3CC[C@@]21C. The van der Waals surface area contributed by atoms with Crippen molar-refractivity contribution in [3.63, 3.8) is 0 Å². The molecule has 0 aromatic carbocycles. The lowest BCUT2D eigenvalue weighted by molar-refractivity contribution is -0.177. The molecule has 7 atom stereocenters. The van der Waals surface area contributed by atoms with E-state index < -0.39 is 5.60 Å². The van der Waals surface area contributed by atoms with Crippen LogP contribution in [0.1, 0.15) is 98.3 Å². The fourth-order valence-corrected chi connectivity index (χ4v) is 8.92. The zero-order valence-electron chi connectivity index (χ0n) is 20.2. The Balaban J connectivity index is 1.40. The zero-order chi connectivity index (χ0) is 22.0. The Morgan fingerprint density at radius 1 is 1.10 bits per heavy atom. The molecule has 5 aliphatic rings. The summed E-state index contributed by atoms with van der Waals surface area (Å²) in [6, 6.07) is 0. The summed E-state index contributed by atoms with van der Waals surface area (Å²) in [5.41, 5.74) is 0.987. The van der Waals surface area contributed by atoms with E-state index in [2.05, 4.69) is 20.8 Å². The molecule has 0 aliphatic heterocycles. The van der Waals surface area contributed by atoms with Crippen LogP contribution in [0.25, 0.3) is 0 Å². The third-order valence-electron chi connectivity index (χ3n) is 10.8. The predicted octanol–water partition coefficient (Wildman–Crippen LogP) is 6.30. The molecule has 0 aromatic rings. The lowest BCUT2D eigenvalue weighted by Gasteiger charge is -2.60. The highest BCUT2D eigenvalue weighted by Gasteiger charge is 2.67. The fourth-order valence-electron chi connectivity index (χ4n) is 8.92. The topological polar surface area (TPSA) is 43.4 Å². The number of ether oxygens (including phenoxy) is 1. The quantitative estimate of drug-likeness (QED) is 0.468. The molecule has 0 bridgehead atoms. The monoisotopic (exact) mass is 426 g/mol. The second kappa shape index (κ2) is 7.54. The van der Waals surface area contributed by atoms with Crippen LogP contribution in [-0.4, -0.2) is 23.8 Å². The summed E-state index contributed by atoms with van der Waals surface area (Å²) in [7, 11) is 0. The molecular formula is C28H42O3. The van der Waals surface area contributed by atoms with Crippen LogP contribution in [0.3, 0.4) is 0 Å². The Hall–Kier alpha value is -0.960. The maximum Gasteiger partial charge on any atom is 0.162 e. The molecule has 4 fully saturated rings. The zero-order valence-corrected chi connectivity index (χ0v) is 20.2. The largest absolute Gasteiger partial charge is 0.367 e. The number of carbonyl (C=O) groups excluding carboxylic acids is 2. The number of Topliss-reactive ketones (excluding diaryl/α,β-unsaturated/α-hetero) is 1. The molecule has 0 aromatic heterocycles. The molecule has 0 N–H and O–H groups in total. The summed E-state index contributed by atoms with van der Waals surface area (Å²) in [5, 5.41) is 0. The van der Waals surface area contributed by atoms with Crippen molar-refractivity contribution in [2.75, 3.05) is 6.61 Å². The van der Waals surface area contributed by atoms with Gasteiger partial charge in [0.2, 0.25) is 0 Å². The van der Waals surface area contributed by atoms with Gasteiger partial charge in [-0.3, -0.25) is 9.59 Å². The number of ketones is 2. The average Bonchev–Trinajstić information content (AvgIpc) is 3.49. The van der Waals surface area contributed by atoms with Crippen LogP contribution in [-0.2, 0) is 14.3 Å². The van der Waals surface area contributed by atoms with Crippen LogP contribution >= 0.6 is 0 Å². The second-order valence-electron chi connectivity index (χ2n) is 12.3. The highest BCUT2D eigenvalue weighted by Crippen LogP contribution is 2.69. The molecule has 0 spiro atoms. The van der Waals surface area contributed by atoms with E-state index in [1.165, 1.54) is 37.7 Å². The van der Waals surface area contributed by atoms with Crippen molar-refractivity contribution in [3.05, 3.63) is 11.6 Å². The van der Waals surface area contributed by atoms with Crippen molar-refractivity contribution in [1.82, 2.24) is 0 Å². The van der Waals surface area contributed by atoms with Crippen LogP contribution in [0, 0.1) is 40.4 Å². The summed E-state index contributed by atoms with van der Waals surface area (Å²) >= 11 is 0. The van der Waals surface area contributed by atoms with Gasteiger partial charge in [-0.05, 0) is 99.4 Å². The summed E-state index contributed by atoms with van der Waals surface area (Å²) in [4.78, 5) is 25.3. The summed E-state index contributed by atoms with van der Waals surface area (Å²) in [5.74, 6) is 3.87. The van der Waals surface area contributed by atoms with Gasteiger partial charge in [0.05, 0.1) is 0 Å². The molecule has 172 valence electrons. The van der Waals surface area contributed by atoms with Gasteiger partial charge in [-0.1, -0.05) is 39.2 Å². The lowest BCUT2D eigenvalue weighted by Crippen LogP contribution is -2.59. The molecule has 0 unspecified atom stereocenters. The number of allylic oxidation sites excluding steroid dienone is 1. The van der Waals surface area contributed by atoms with Crippen molar-refractivity contribution >= 4 is 11.6 Å². The van der Waals surface area contributed by atoms with E-state index in [4.69, 9.17) is 4.74 Å². The smallest absolute Gasteiger partial charge is 0.162 e. The van der Waals surface area contributed by atoms with Crippen LogP contribution in [0.5, 0.6) is 0 Å². The molecule has 5 aliphatic carbocycles. The summed E-state index contributed by atoms with van der Waals surface area (Å²) in [6.07, 6.45) is 14.3. The molecule has 0 radical (unpaired) electrons.